The first-order chi connectivity index (χ1) is 12.6. The van der Waals surface area contributed by atoms with Gasteiger partial charge in [-0.3, -0.25) is 4.90 Å². The fraction of sp³-hybridized carbons (Fsp3) is 0.632. The van der Waals surface area contributed by atoms with Gasteiger partial charge in [-0.25, -0.2) is 15.0 Å². The molecule has 0 aromatic carbocycles. The largest absolute Gasteiger partial charge is 0.368 e. The third-order valence-corrected chi connectivity index (χ3v) is 5.47. The minimum absolute atomic E-state index is 0.292. The van der Waals surface area contributed by atoms with Crippen LogP contribution in [0.15, 0.2) is 18.7 Å². The third-order valence-electron chi connectivity index (χ3n) is 5.47. The zero-order valence-corrected chi connectivity index (χ0v) is 15.7. The van der Waals surface area contributed by atoms with E-state index in [4.69, 9.17) is 10.5 Å². The Morgan fingerprint density at radius 3 is 2.85 bits per heavy atom. The Morgan fingerprint density at radius 2 is 2.08 bits per heavy atom. The van der Waals surface area contributed by atoms with Crippen LogP contribution in [0.4, 0.5) is 5.95 Å². The second kappa shape index (κ2) is 6.96. The van der Waals surface area contributed by atoms with E-state index in [1.54, 1.807) is 0 Å². The van der Waals surface area contributed by atoms with Crippen molar-refractivity contribution in [2.75, 3.05) is 25.4 Å². The SMILES string of the molecule is CC(C)Cn1cncc1CN1CCC2(CC1)OCCc1cnc(N)nc12. The number of nitrogens with zero attached hydrogens (tertiary/aromatic N) is 5. The summed E-state index contributed by atoms with van der Waals surface area (Å²) in [6, 6.07) is 0. The standard InChI is InChI=1S/C19H28N6O/c1-14(2)11-25-13-21-10-16(25)12-24-6-4-19(5-7-24)17-15(3-8-26-19)9-22-18(20)23-17/h9-10,13-14H,3-8,11-12H2,1-2H3,(H2,20,22,23). The van der Waals surface area contributed by atoms with Gasteiger partial charge < -0.3 is 15.0 Å². The Hall–Kier alpha value is -1.99. The van der Waals surface area contributed by atoms with Crippen LogP contribution in [-0.2, 0) is 29.8 Å². The summed E-state index contributed by atoms with van der Waals surface area (Å²) in [6.45, 7) is 9.12. The summed E-state index contributed by atoms with van der Waals surface area (Å²) in [5, 5.41) is 0. The molecule has 0 amide bonds. The zero-order chi connectivity index (χ0) is 18.1. The molecule has 26 heavy (non-hydrogen) atoms. The predicted molar refractivity (Wildman–Crippen MR) is 99.4 cm³/mol. The molecule has 0 unspecified atom stereocenters. The zero-order valence-electron chi connectivity index (χ0n) is 15.7. The number of rotatable bonds is 4. The number of anilines is 1. The van der Waals surface area contributed by atoms with Gasteiger partial charge in [0.2, 0.25) is 5.95 Å². The van der Waals surface area contributed by atoms with Gasteiger partial charge in [0.1, 0.15) is 5.60 Å². The summed E-state index contributed by atoms with van der Waals surface area (Å²) in [7, 11) is 0. The lowest BCUT2D eigenvalue weighted by Gasteiger charge is -2.44. The predicted octanol–water partition coefficient (Wildman–Crippen LogP) is 1.98. The normalized spacial score (nSPS) is 19.8. The number of nitrogen functional groups attached to an aromatic ring is 1. The van der Waals surface area contributed by atoms with E-state index in [1.165, 1.54) is 11.3 Å². The van der Waals surface area contributed by atoms with Gasteiger partial charge in [-0.05, 0) is 30.7 Å². The van der Waals surface area contributed by atoms with Crippen LogP contribution >= 0.6 is 0 Å². The highest BCUT2D eigenvalue weighted by Gasteiger charge is 2.42. The summed E-state index contributed by atoms with van der Waals surface area (Å²) >= 11 is 0. The average molecular weight is 356 g/mol. The Balaban J connectivity index is 1.46. The molecule has 2 aliphatic heterocycles. The molecule has 7 nitrogen and oxygen atoms in total. The minimum Gasteiger partial charge on any atom is -0.368 e. The fourth-order valence-electron chi connectivity index (χ4n) is 4.14. The van der Waals surface area contributed by atoms with E-state index in [0.717, 1.165) is 57.7 Å². The first kappa shape index (κ1) is 17.4. The molecule has 0 atom stereocenters. The molecule has 0 saturated carbocycles. The van der Waals surface area contributed by atoms with Crippen LogP contribution in [0.3, 0.4) is 0 Å². The van der Waals surface area contributed by atoms with Crippen molar-refractivity contribution in [3.63, 3.8) is 0 Å². The second-order valence-electron chi connectivity index (χ2n) is 7.90. The number of aromatic nitrogens is 4. The van der Waals surface area contributed by atoms with Gasteiger partial charge in [0.15, 0.2) is 0 Å². The quantitative estimate of drug-likeness (QED) is 0.902. The number of nitrogens with two attached hydrogens (primary N) is 1. The van der Waals surface area contributed by atoms with E-state index >= 15 is 0 Å². The molecular weight excluding hydrogens is 328 g/mol. The molecule has 2 aliphatic rings. The lowest BCUT2D eigenvalue weighted by Crippen LogP contribution is -2.47. The van der Waals surface area contributed by atoms with Crippen LogP contribution in [0.2, 0.25) is 0 Å². The molecule has 0 bridgehead atoms. The maximum absolute atomic E-state index is 6.26. The number of imidazole rings is 1. The van der Waals surface area contributed by atoms with Gasteiger partial charge in [0, 0.05) is 38.6 Å². The highest BCUT2D eigenvalue weighted by Crippen LogP contribution is 2.40. The molecule has 140 valence electrons. The van der Waals surface area contributed by atoms with Crippen LogP contribution in [0.1, 0.15) is 43.6 Å². The van der Waals surface area contributed by atoms with Crippen molar-refractivity contribution in [3.05, 3.63) is 35.7 Å². The molecule has 0 radical (unpaired) electrons. The van der Waals surface area contributed by atoms with Crippen molar-refractivity contribution in [2.24, 2.45) is 5.92 Å². The Morgan fingerprint density at radius 1 is 1.27 bits per heavy atom. The van der Waals surface area contributed by atoms with Crippen LogP contribution in [0, 0.1) is 5.92 Å². The van der Waals surface area contributed by atoms with Gasteiger partial charge in [-0.1, -0.05) is 13.8 Å². The van der Waals surface area contributed by atoms with Crippen molar-refractivity contribution in [1.82, 2.24) is 24.4 Å². The third kappa shape index (κ3) is 3.33. The van der Waals surface area contributed by atoms with Crippen molar-refractivity contribution < 1.29 is 4.74 Å². The van der Waals surface area contributed by atoms with Gasteiger partial charge in [0.25, 0.3) is 0 Å². The maximum Gasteiger partial charge on any atom is 0.220 e. The smallest absolute Gasteiger partial charge is 0.220 e. The Kier molecular flexibility index (Phi) is 4.67. The molecule has 2 aromatic rings. The summed E-state index contributed by atoms with van der Waals surface area (Å²) in [4.78, 5) is 15.5. The fourth-order valence-corrected chi connectivity index (χ4v) is 4.14. The monoisotopic (exact) mass is 356 g/mol. The van der Waals surface area contributed by atoms with Gasteiger partial charge >= 0.3 is 0 Å². The summed E-state index contributed by atoms with van der Waals surface area (Å²) < 4.78 is 8.53. The van der Waals surface area contributed by atoms with Crippen molar-refractivity contribution in [2.45, 2.75) is 51.8 Å². The first-order valence-electron chi connectivity index (χ1n) is 9.53. The number of hydrogen-bond acceptors (Lipinski definition) is 6. The van der Waals surface area contributed by atoms with E-state index in [0.29, 0.717) is 11.9 Å². The van der Waals surface area contributed by atoms with Gasteiger partial charge in [0.05, 0.1) is 24.3 Å². The van der Waals surface area contributed by atoms with E-state index in [2.05, 4.69) is 38.3 Å². The minimum atomic E-state index is -0.292. The van der Waals surface area contributed by atoms with E-state index in [-0.39, 0.29) is 5.60 Å². The van der Waals surface area contributed by atoms with Crippen LogP contribution in [0.25, 0.3) is 0 Å². The van der Waals surface area contributed by atoms with E-state index in [9.17, 15) is 0 Å². The number of piperidine rings is 1. The molecule has 2 N–H and O–H groups in total. The average Bonchev–Trinajstić information content (AvgIpc) is 3.04. The second-order valence-corrected chi connectivity index (χ2v) is 7.90. The lowest BCUT2D eigenvalue weighted by molar-refractivity contribution is -0.102. The highest BCUT2D eigenvalue weighted by molar-refractivity contribution is 5.32. The highest BCUT2D eigenvalue weighted by atomic mass is 16.5. The Bertz CT molecular complexity index is 763. The Labute approximate surface area is 154 Å². The number of fused-ring (bicyclic) bond motifs is 2. The lowest BCUT2D eigenvalue weighted by atomic mass is 9.83. The summed E-state index contributed by atoms with van der Waals surface area (Å²) in [6.07, 6.45) is 8.56. The molecule has 4 rings (SSSR count). The van der Waals surface area contributed by atoms with Crippen LogP contribution in [0.5, 0.6) is 0 Å². The van der Waals surface area contributed by atoms with Crippen LogP contribution in [-0.4, -0.2) is 44.1 Å². The van der Waals surface area contributed by atoms with Crippen molar-refractivity contribution in [1.29, 1.82) is 0 Å². The van der Waals surface area contributed by atoms with Crippen molar-refractivity contribution in [3.8, 4) is 0 Å². The topological polar surface area (TPSA) is 82.1 Å². The number of hydrogen-bond donors (Lipinski definition) is 1. The van der Waals surface area contributed by atoms with E-state index in [1.807, 2.05) is 18.7 Å². The van der Waals surface area contributed by atoms with Gasteiger partial charge in [-0.15, -0.1) is 0 Å². The van der Waals surface area contributed by atoms with E-state index < -0.39 is 0 Å². The van der Waals surface area contributed by atoms with Gasteiger partial charge in [-0.2, -0.15) is 0 Å². The molecule has 1 spiro atoms. The van der Waals surface area contributed by atoms with Crippen molar-refractivity contribution >= 4 is 5.95 Å². The molecule has 0 aliphatic carbocycles. The maximum atomic E-state index is 6.26. The molecule has 7 heteroatoms. The van der Waals surface area contributed by atoms with Crippen LogP contribution < -0.4 is 5.73 Å². The number of ether oxygens (including phenoxy) is 1. The molecular formula is C19H28N6O. The number of likely N-dealkylation sites (tertiary alicyclic amines) is 1. The first-order valence-corrected chi connectivity index (χ1v) is 9.53. The summed E-state index contributed by atoms with van der Waals surface area (Å²) in [5.41, 5.74) is 9.04. The molecule has 1 fully saturated rings. The molecule has 4 heterocycles. The molecule has 1 saturated heterocycles. The molecule has 2 aromatic heterocycles. The summed E-state index contributed by atoms with van der Waals surface area (Å²) in [5.74, 6) is 0.957.